The van der Waals surface area contributed by atoms with E-state index in [-0.39, 0.29) is 17.6 Å². The molecule has 0 aliphatic heterocycles. The van der Waals surface area contributed by atoms with Gasteiger partial charge < -0.3 is 28.5 Å². The molecule has 0 fully saturated rings. The summed E-state index contributed by atoms with van der Waals surface area (Å²) in [5, 5.41) is 8.91. The molecule has 182 valence electrons. The molecule has 35 heavy (non-hydrogen) atoms. The molecule has 0 bridgehead atoms. The molecule has 4 aromatic rings. The Labute approximate surface area is 201 Å². The van der Waals surface area contributed by atoms with E-state index in [1.54, 1.807) is 31.4 Å². The fraction of sp³-hybridized carbons (Fsp3) is 0.280. The number of rotatable bonds is 10. The second kappa shape index (κ2) is 10.3. The van der Waals surface area contributed by atoms with Gasteiger partial charge in [-0.05, 0) is 55.7 Å². The third kappa shape index (κ3) is 5.43. The van der Waals surface area contributed by atoms with Gasteiger partial charge in [-0.15, -0.1) is 0 Å². The summed E-state index contributed by atoms with van der Waals surface area (Å²) in [6, 6.07) is 10.7. The van der Waals surface area contributed by atoms with Gasteiger partial charge in [0.25, 0.3) is 11.6 Å². The van der Waals surface area contributed by atoms with Crippen molar-refractivity contribution in [3.8, 4) is 40.6 Å². The molecule has 2 aromatic heterocycles. The fourth-order valence-corrected chi connectivity index (χ4v) is 3.45. The molecule has 1 N–H and O–H groups in total. The summed E-state index contributed by atoms with van der Waals surface area (Å²) in [6.45, 7) is 5.65. The van der Waals surface area contributed by atoms with Crippen LogP contribution < -0.4 is 18.9 Å². The summed E-state index contributed by atoms with van der Waals surface area (Å²) in [7, 11) is 1.57. The van der Waals surface area contributed by atoms with Gasteiger partial charge in [0.2, 0.25) is 5.89 Å². The van der Waals surface area contributed by atoms with Crippen LogP contribution in [0.3, 0.4) is 0 Å². The van der Waals surface area contributed by atoms with Crippen LogP contribution in [-0.2, 0) is 4.79 Å². The molecule has 4 rings (SSSR count). The van der Waals surface area contributed by atoms with Crippen molar-refractivity contribution >= 4 is 17.2 Å². The molecule has 0 spiro atoms. The van der Waals surface area contributed by atoms with Gasteiger partial charge in [0.15, 0.2) is 12.1 Å². The first-order valence-corrected chi connectivity index (χ1v) is 11.0. The molecule has 0 saturated heterocycles. The summed E-state index contributed by atoms with van der Waals surface area (Å²) >= 11 is 0. The highest BCUT2D eigenvalue weighted by Crippen LogP contribution is 2.34. The lowest BCUT2D eigenvalue weighted by Gasteiger charge is -2.11. The van der Waals surface area contributed by atoms with E-state index < -0.39 is 12.6 Å². The van der Waals surface area contributed by atoms with Crippen LogP contribution in [0.1, 0.15) is 24.5 Å². The lowest BCUT2D eigenvalue weighted by molar-refractivity contribution is -0.139. The molecule has 0 unspecified atom stereocenters. The Kier molecular flexibility index (Phi) is 7.00. The Hall–Kier alpha value is -4.34. The van der Waals surface area contributed by atoms with Gasteiger partial charge in [-0.3, -0.25) is 0 Å². The third-order valence-electron chi connectivity index (χ3n) is 4.95. The molecule has 0 saturated carbocycles. The molecule has 0 amide bonds. The van der Waals surface area contributed by atoms with Gasteiger partial charge in [0.1, 0.15) is 17.2 Å². The maximum absolute atomic E-state index is 10.9. The second-order valence-electron chi connectivity index (χ2n) is 7.74. The number of fused-ring (bicyclic) bond motifs is 1. The van der Waals surface area contributed by atoms with Crippen LogP contribution in [0.15, 0.2) is 40.8 Å². The molecule has 0 radical (unpaired) electrons. The van der Waals surface area contributed by atoms with Gasteiger partial charge in [-0.2, -0.15) is 9.97 Å². The van der Waals surface area contributed by atoms with Crippen molar-refractivity contribution in [2.45, 2.75) is 27.2 Å². The minimum absolute atomic E-state index is 0.0457. The van der Waals surface area contributed by atoms with Crippen molar-refractivity contribution in [1.82, 2.24) is 15.0 Å². The zero-order chi connectivity index (χ0) is 24.9. The quantitative estimate of drug-likeness (QED) is 0.334. The number of methoxy groups -OCH3 is 1. The molecule has 10 heteroatoms. The van der Waals surface area contributed by atoms with Crippen LogP contribution in [0.5, 0.6) is 29.1 Å². The van der Waals surface area contributed by atoms with E-state index in [0.29, 0.717) is 40.8 Å². The van der Waals surface area contributed by atoms with Gasteiger partial charge in [0.05, 0.1) is 13.7 Å². The largest absolute Gasteiger partial charge is 0.497 e. The SMILES string of the molecule is CCCOc1nc(Oc2cccc(OC)c2)nc2oc(-c3cc(C)c(OCC(=O)O)c(C)c3)nc12. The smallest absolute Gasteiger partial charge is 0.341 e. The number of oxazole rings is 1. The molecule has 2 heterocycles. The zero-order valence-electron chi connectivity index (χ0n) is 19.8. The normalized spacial score (nSPS) is 10.9. The molecular weight excluding hydrogens is 454 g/mol. The maximum atomic E-state index is 10.9. The van der Waals surface area contributed by atoms with Crippen molar-refractivity contribution in [3.05, 3.63) is 47.5 Å². The summed E-state index contributed by atoms with van der Waals surface area (Å²) in [4.78, 5) is 24.2. The Balaban J connectivity index is 1.72. The molecule has 2 aromatic carbocycles. The predicted molar refractivity (Wildman–Crippen MR) is 126 cm³/mol. The summed E-state index contributed by atoms with van der Waals surface area (Å²) in [5.41, 5.74) is 2.75. The maximum Gasteiger partial charge on any atom is 0.341 e. The van der Waals surface area contributed by atoms with E-state index in [2.05, 4.69) is 15.0 Å². The summed E-state index contributed by atoms with van der Waals surface area (Å²) in [5.74, 6) is 1.15. The van der Waals surface area contributed by atoms with E-state index >= 15 is 0 Å². The number of carboxylic acid groups (broad SMARTS) is 1. The first-order chi connectivity index (χ1) is 16.9. The highest BCUT2D eigenvalue weighted by atomic mass is 16.5. The van der Waals surface area contributed by atoms with Gasteiger partial charge >= 0.3 is 12.0 Å². The number of hydrogen-bond donors (Lipinski definition) is 1. The third-order valence-corrected chi connectivity index (χ3v) is 4.95. The second-order valence-corrected chi connectivity index (χ2v) is 7.74. The number of aromatic nitrogens is 3. The monoisotopic (exact) mass is 479 g/mol. The number of aryl methyl sites for hydroxylation is 2. The molecule has 0 aliphatic rings. The molecule has 0 atom stereocenters. The Morgan fingerprint density at radius 1 is 1.03 bits per heavy atom. The van der Waals surface area contributed by atoms with E-state index in [9.17, 15) is 4.79 Å². The van der Waals surface area contributed by atoms with E-state index in [1.165, 1.54) is 0 Å². The molecular formula is C25H25N3O7. The van der Waals surface area contributed by atoms with E-state index in [0.717, 1.165) is 17.5 Å². The topological polar surface area (TPSA) is 126 Å². The van der Waals surface area contributed by atoms with Crippen LogP contribution >= 0.6 is 0 Å². The van der Waals surface area contributed by atoms with Gasteiger partial charge in [-0.1, -0.05) is 13.0 Å². The van der Waals surface area contributed by atoms with Crippen molar-refractivity contribution in [2.24, 2.45) is 0 Å². The minimum Gasteiger partial charge on any atom is -0.497 e. The predicted octanol–water partition coefficient (Wildman–Crippen LogP) is 4.95. The van der Waals surface area contributed by atoms with Crippen LogP contribution in [0.25, 0.3) is 22.7 Å². The van der Waals surface area contributed by atoms with Gasteiger partial charge in [-0.25, -0.2) is 9.78 Å². The van der Waals surface area contributed by atoms with Crippen molar-refractivity contribution in [1.29, 1.82) is 0 Å². The lowest BCUT2D eigenvalue weighted by atomic mass is 10.1. The summed E-state index contributed by atoms with van der Waals surface area (Å²) in [6.07, 6.45) is 0.776. The molecule has 10 nitrogen and oxygen atoms in total. The Morgan fingerprint density at radius 3 is 2.46 bits per heavy atom. The first-order valence-electron chi connectivity index (χ1n) is 11.0. The first kappa shape index (κ1) is 23.8. The fourth-order valence-electron chi connectivity index (χ4n) is 3.45. The Morgan fingerprint density at radius 2 is 1.77 bits per heavy atom. The highest BCUT2D eigenvalue weighted by molar-refractivity contribution is 5.78. The van der Waals surface area contributed by atoms with Crippen molar-refractivity contribution in [2.75, 3.05) is 20.3 Å². The van der Waals surface area contributed by atoms with E-state index in [4.69, 9.17) is 28.5 Å². The van der Waals surface area contributed by atoms with Crippen LogP contribution in [0.2, 0.25) is 0 Å². The van der Waals surface area contributed by atoms with E-state index in [1.807, 2.05) is 32.9 Å². The average molecular weight is 479 g/mol. The van der Waals surface area contributed by atoms with Crippen molar-refractivity contribution < 1.29 is 33.3 Å². The number of carbonyl (C=O) groups is 1. The highest BCUT2D eigenvalue weighted by Gasteiger charge is 2.20. The van der Waals surface area contributed by atoms with Crippen LogP contribution in [-0.4, -0.2) is 46.4 Å². The van der Waals surface area contributed by atoms with Gasteiger partial charge in [0, 0.05) is 11.6 Å². The minimum atomic E-state index is -1.04. The number of benzene rings is 2. The standard InChI is InChI=1S/C25H25N3O7/c1-5-9-32-23-20-24(28-25(27-23)34-18-8-6-7-17(12-18)31-4)35-22(26-20)16-10-14(2)21(15(3)11-16)33-13-19(29)30/h6-8,10-12H,5,9,13H2,1-4H3,(H,29,30). The number of ether oxygens (including phenoxy) is 4. The lowest BCUT2D eigenvalue weighted by Crippen LogP contribution is -2.10. The number of carboxylic acids is 1. The molecule has 0 aliphatic carbocycles. The van der Waals surface area contributed by atoms with Crippen LogP contribution in [0, 0.1) is 13.8 Å². The Bertz CT molecular complexity index is 1340. The number of hydrogen-bond acceptors (Lipinski definition) is 9. The zero-order valence-corrected chi connectivity index (χ0v) is 19.8. The number of nitrogens with zero attached hydrogens (tertiary/aromatic N) is 3. The average Bonchev–Trinajstić information content (AvgIpc) is 3.26. The summed E-state index contributed by atoms with van der Waals surface area (Å²) < 4.78 is 28.2. The van der Waals surface area contributed by atoms with Crippen LogP contribution in [0.4, 0.5) is 0 Å². The number of aliphatic carboxylic acids is 1. The van der Waals surface area contributed by atoms with Crippen molar-refractivity contribution in [3.63, 3.8) is 0 Å².